The van der Waals surface area contributed by atoms with Gasteiger partial charge in [0.25, 0.3) is 0 Å². The molecule has 7 nitrogen and oxygen atoms in total. The zero-order valence-corrected chi connectivity index (χ0v) is 13.5. The van der Waals surface area contributed by atoms with Gasteiger partial charge in [-0.2, -0.15) is 0 Å². The molecule has 25 heavy (non-hydrogen) atoms. The lowest BCUT2D eigenvalue weighted by Gasteiger charge is -2.00. The summed E-state index contributed by atoms with van der Waals surface area (Å²) in [7, 11) is 1.66. The van der Waals surface area contributed by atoms with Crippen molar-refractivity contribution in [3.8, 4) is 0 Å². The Balaban J connectivity index is 2.58. The van der Waals surface area contributed by atoms with E-state index in [1.165, 1.54) is 12.1 Å². The van der Waals surface area contributed by atoms with Crippen molar-refractivity contribution in [2.75, 3.05) is 0 Å². The van der Waals surface area contributed by atoms with E-state index in [1.807, 2.05) is 6.92 Å². The van der Waals surface area contributed by atoms with E-state index >= 15 is 0 Å². The summed E-state index contributed by atoms with van der Waals surface area (Å²) in [5.74, 6) is 0.594. The lowest BCUT2D eigenvalue weighted by molar-refractivity contribution is 0.302. The van der Waals surface area contributed by atoms with Gasteiger partial charge in [0, 0.05) is 24.2 Å². The van der Waals surface area contributed by atoms with Crippen LogP contribution < -0.4 is 21.6 Å². The molecule has 0 fully saturated rings. The highest BCUT2D eigenvalue weighted by atomic mass is 16.4. The average Bonchev–Trinajstić information content (AvgIpc) is 2.96. The third-order valence-electron chi connectivity index (χ3n) is 4.63. The minimum Gasteiger partial charge on any atom is -0.410 e. The summed E-state index contributed by atoms with van der Waals surface area (Å²) in [4.78, 5) is 43.1. The molecule has 0 spiro atoms. The van der Waals surface area contributed by atoms with Gasteiger partial charge in [-0.1, -0.05) is 36.3 Å². The van der Waals surface area contributed by atoms with Crippen LogP contribution in [0.25, 0.3) is 21.8 Å². The Morgan fingerprint density at radius 2 is 1.64 bits per heavy atom. The molecule has 0 atom stereocenters. The van der Waals surface area contributed by atoms with E-state index in [1.54, 1.807) is 23.7 Å². The van der Waals surface area contributed by atoms with Crippen molar-refractivity contribution in [3.05, 3.63) is 76.6 Å². The number of aromatic nitrogens is 2. The van der Waals surface area contributed by atoms with Crippen LogP contribution in [0.5, 0.6) is 0 Å². The number of hydrogen-bond donors (Lipinski definition) is 1. The molecule has 0 aliphatic heterocycles. The van der Waals surface area contributed by atoms with Crippen molar-refractivity contribution in [1.82, 2.24) is 9.55 Å². The van der Waals surface area contributed by atoms with E-state index in [0.29, 0.717) is 12.2 Å². The molecule has 7 heteroatoms. The fraction of sp³-hybridized carbons (Fsp3) is 0.167. The SMILES string of the molecule is CCc1nc2/c(=N/O)c3c(=O)c4ccccc4c(=O)c=3c(=O)c2n1C. The summed E-state index contributed by atoms with van der Waals surface area (Å²) in [6.45, 7) is 1.87. The maximum atomic E-state index is 13.0. The number of benzene rings is 1. The van der Waals surface area contributed by atoms with Crippen LogP contribution in [0.1, 0.15) is 12.7 Å². The molecule has 0 unspecified atom stereocenters. The van der Waals surface area contributed by atoms with Crippen molar-refractivity contribution >= 4 is 21.8 Å². The van der Waals surface area contributed by atoms with Crippen LogP contribution in [-0.2, 0) is 13.5 Å². The molecular weight excluding hydrogens is 322 g/mol. The quantitative estimate of drug-likeness (QED) is 0.397. The third-order valence-corrected chi connectivity index (χ3v) is 4.63. The van der Waals surface area contributed by atoms with Gasteiger partial charge in [-0.15, -0.1) is 0 Å². The topological polar surface area (TPSA) is 102 Å². The molecule has 4 rings (SSSR count). The number of fused-ring (bicyclic) bond motifs is 2. The summed E-state index contributed by atoms with van der Waals surface area (Å²) < 4.78 is 1.57. The molecule has 2 aromatic rings. The fourth-order valence-electron chi connectivity index (χ4n) is 3.44. The van der Waals surface area contributed by atoms with E-state index < -0.39 is 16.3 Å². The molecule has 2 aliphatic rings. The lowest BCUT2D eigenvalue weighted by Crippen LogP contribution is -2.30. The maximum absolute atomic E-state index is 13.0. The minimum atomic E-state index is -0.569. The van der Waals surface area contributed by atoms with Crippen molar-refractivity contribution in [3.63, 3.8) is 0 Å². The standard InChI is InChI=1S/C18H13N3O4/c1-3-10-19-14-13(20-25)11-12(18(24)15(14)21(10)2)17(23)9-7-5-4-6-8(9)16(11)22/h4-7,25H,3H2,1-2H3/b20-13+. The van der Waals surface area contributed by atoms with Crippen LogP contribution in [0, 0.1) is 10.4 Å². The van der Waals surface area contributed by atoms with E-state index in [9.17, 15) is 19.6 Å². The predicted octanol–water partition coefficient (Wildman–Crippen LogP) is 0.260. The number of aryl methyl sites for hydroxylation is 2. The Morgan fingerprint density at radius 3 is 2.20 bits per heavy atom. The molecule has 0 saturated carbocycles. The zero-order chi connectivity index (χ0) is 17.9. The monoisotopic (exact) mass is 335 g/mol. The van der Waals surface area contributed by atoms with Crippen LogP contribution in [0.4, 0.5) is 0 Å². The van der Waals surface area contributed by atoms with Crippen LogP contribution >= 0.6 is 0 Å². The second-order valence-electron chi connectivity index (χ2n) is 5.87. The Morgan fingerprint density at radius 1 is 1.04 bits per heavy atom. The van der Waals surface area contributed by atoms with E-state index in [0.717, 1.165) is 0 Å². The van der Waals surface area contributed by atoms with Crippen molar-refractivity contribution in [2.45, 2.75) is 13.3 Å². The van der Waals surface area contributed by atoms with Crippen LogP contribution in [0.15, 0.2) is 43.8 Å². The van der Waals surface area contributed by atoms with Gasteiger partial charge in [-0.05, 0) is 0 Å². The zero-order valence-electron chi connectivity index (χ0n) is 13.5. The molecule has 0 saturated heterocycles. The lowest BCUT2D eigenvalue weighted by atomic mass is 10.0. The predicted molar refractivity (Wildman–Crippen MR) is 91.4 cm³/mol. The molecule has 0 radical (unpaired) electrons. The first-order valence-corrected chi connectivity index (χ1v) is 7.77. The summed E-state index contributed by atoms with van der Waals surface area (Å²) in [6.07, 6.45) is 0.544. The van der Waals surface area contributed by atoms with Gasteiger partial charge in [-0.25, -0.2) is 4.98 Å². The van der Waals surface area contributed by atoms with Crippen molar-refractivity contribution < 1.29 is 5.21 Å². The Kier molecular flexibility index (Phi) is 3.08. The average molecular weight is 335 g/mol. The van der Waals surface area contributed by atoms with Gasteiger partial charge in [0.1, 0.15) is 22.2 Å². The van der Waals surface area contributed by atoms with Crippen LogP contribution in [0.2, 0.25) is 0 Å². The second-order valence-corrected chi connectivity index (χ2v) is 5.87. The highest BCUT2D eigenvalue weighted by molar-refractivity contribution is 5.84. The van der Waals surface area contributed by atoms with Gasteiger partial charge in [0.2, 0.25) is 5.43 Å². The Hall–Kier alpha value is -3.35. The normalized spacial score (nSPS) is 12.6. The van der Waals surface area contributed by atoms with Crippen molar-refractivity contribution in [1.29, 1.82) is 0 Å². The highest BCUT2D eigenvalue weighted by Gasteiger charge is 2.19. The summed E-state index contributed by atoms with van der Waals surface area (Å²) in [5, 5.41) is 12.5. The molecule has 0 amide bonds. The molecule has 124 valence electrons. The molecule has 1 aromatic heterocycles. The van der Waals surface area contributed by atoms with Gasteiger partial charge in [0.05, 0.1) is 10.4 Å². The Bertz CT molecular complexity index is 1460. The van der Waals surface area contributed by atoms with Gasteiger partial charge < -0.3 is 9.77 Å². The summed E-state index contributed by atoms with van der Waals surface area (Å²) >= 11 is 0. The first-order chi connectivity index (χ1) is 12.0. The van der Waals surface area contributed by atoms with Gasteiger partial charge in [-0.3, -0.25) is 14.4 Å². The molecule has 2 aliphatic carbocycles. The first-order valence-electron chi connectivity index (χ1n) is 7.77. The molecule has 1 heterocycles. The third kappa shape index (κ3) is 1.77. The minimum absolute atomic E-state index is 0.131. The molecular formula is C18H13N3O4. The number of hydrogen-bond acceptors (Lipinski definition) is 6. The molecule has 0 bridgehead atoms. The van der Waals surface area contributed by atoms with Crippen LogP contribution in [0.3, 0.4) is 0 Å². The number of imidazole rings is 1. The maximum Gasteiger partial charge on any atom is 0.216 e. The molecule has 1 aromatic carbocycles. The van der Waals surface area contributed by atoms with E-state index in [2.05, 4.69) is 10.1 Å². The van der Waals surface area contributed by atoms with E-state index in [4.69, 9.17) is 0 Å². The van der Waals surface area contributed by atoms with Gasteiger partial charge >= 0.3 is 0 Å². The Labute approximate surface area is 139 Å². The molecule has 1 N–H and O–H groups in total. The highest BCUT2D eigenvalue weighted by Crippen LogP contribution is 2.10. The van der Waals surface area contributed by atoms with Crippen LogP contribution in [-0.4, -0.2) is 14.8 Å². The number of nitrogens with zero attached hydrogens (tertiary/aromatic N) is 3. The second kappa shape index (κ2) is 5.07. The van der Waals surface area contributed by atoms with Gasteiger partial charge in [0.15, 0.2) is 10.9 Å². The van der Waals surface area contributed by atoms with Crippen molar-refractivity contribution in [2.24, 2.45) is 12.2 Å². The summed E-state index contributed by atoms with van der Waals surface area (Å²) in [5.41, 5.74) is -1.34. The first kappa shape index (κ1) is 15.2. The largest absolute Gasteiger partial charge is 0.410 e. The fourth-order valence-corrected chi connectivity index (χ4v) is 3.44. The number of rotatable bonds is 1. The summed E-state index contributed by atoms with van der Waals surface area (Å²) in [6, 6.07) is 6.30. The smallest absolute Gasteiger partial charge is 0.216 e. The van der Waals surface area contributed by atoms with E-state index in [-0.39, 0.29) is 37.6 Å².